The first kappa shape index (κ1) is 16.7. The van der Waals surface area contributed by atoms with Crippen LogP contribution in [0.3, 0.4) is 0 Å². The molecule has 4 heteroatoms. The van der Waals surface area contributed by atoms with Crippen LogP contribution in [-0.4, -0.2) is 0 Å². The molecule has 122 valence electrons. The van der Waals surface area contributed by atoms with E-state index in [1.165, 1.54) is 5.56 Å². The molecule has 3 aromatic carbocycles. The van der Waals surface area contributed by atoms with Crippen molar-refractivity contribution in [1.82, 2.24) is 0 Å². The van der Waals surface area contributed by atoms with E-state index >= 15 is 0 Å². The van der Waals surface area contributed by atoms with Crippen molar-refractivity contribution in [2.45, 2.75) is 13.2 Å². The van der Waals surface area contributed by atoms with Gasteiger partial charge in [0.05, 0.1) is 0 Å². The molecule has 0 bridgehead atoms. The molecule has 0 unspecified atom stereocenters. The van der Waals surface area contributed by atoms with E-state index in [1.54, 1.807) is 0 Å². The van der Waals surface area contributed by atoms with Crippen molar-refractivity contribution < 1.29 is 4.74 Å². The Hall–Kier alpha value is -2.16. The lowest BCUT2D eigenvalue weighted by Gasteiger charge is -2.09. The summed E-state index contributed by atoms with van der Waals surface area (Å²) < 4.78 is 5.78. The summed E-state index contributed by atoms with van der Waals surface area (Å²) in [6.07, 6.45) is 0. The fourth-order valence-electron chi connectivity index (χ4n) is 2.27. The van der Waals surface area contributed by atoms with Crippen molar-refractivity contribution in [3.63, 3.8) is 0 Å². The predicted octanol–water partition coefficient (Wildman–Crippen LogP) is 6.18. The van der Waals surface area contributed by atoms with Gasteiger partial charge >= 0.3 is 0 Å². The maximum absolute atomic E-state index is 5.97. The average Bonchev–Trinajstić information content (AvgIpc) is 2.60. The Morgan fingerprint density at radius 3 is 2.21 bits per heavy atom. The summed E-state index contributed by atoms with van der Waals surface area (Å²) in [6.45, 7) is 1.25. The summed E-state index contributed by atoms with van der Waals surface area (Å²) in [6, 6.07) is 23.4. The number of benzene rings is 3. The molecule has 0 atom stereocenters. The molecular formula is C20H17Cl2NO. The lowest BCUT2D eigenvalue weighted by molar-refractivity contribution is 0.306. The standard InChI is InChI=1S/C20H17Cl2NO/c21-17-6-8-19(9-7-17)23-13-15-4-10-20(11-5-15)24-14-16-2-1-3-18(22)12-16/h1-12,23H,13-14H2. The third-order valence-corrected chi connectivity index (χ3v) is 4.05. The monoisotopic (exact) mass is 357 g/mol. The second-order valence-corrected chi connectivity index (χ2v) is 6.30. The van der Waals surface area contributed by atoms with E-state index in [0.717, 1.165) is 33.6 Å². The highest BCUT2D eigenvalue weighted by Gasteiger charge is 1.99. The molecule has 0 aliphatic carbocycles. The van der Waals surface area contributed by atoms with Crippen molar-refractivity contribution in [2.24, 2.45) is 0 Å². The summed E-state index contributed by atoms with van der Waals surface area (Å²) in [5.74, 6) is 0.838. The first-order valence-electron chi connectivity index (χ1n) is 7.65. The van der Waals surface area contributed by atoms with Crippen molar-refractivity contribution >= 4 is 28.9 Å². The first-order chi connectivity index (χ1) is 11.7. The maximum atomic E-state index is 5.97. The fraction of sp³-hybridized carbons (Fsp3) is 0.100. The third kappa shape index (κ3) is 4.92. The Morgan fingerprint density at radius 1 is 0.750 bits per heavy atom. The number of anilines is 1. The molecule has 1 N–H and O–H groups in total. The van der Waals surface area contributed by atoms with Crippen LogP contribution in [0.25, 0.3) is 0 Å². The number of ether oxygens (including phenoxy) is 1. The third-order valence-electron chi connectivity index (χ3n) is 3.56. The van der Waals surface area contributed by atoms with E-state index in [4.69, 9.17) is 27.9 Å². The van der Waals surface area contributed by atoms with E-state index in [-0.39, 0.29) is 0 Å². The van der Waals surface area contributed by atoms with Crippen LogP contribution in [0.15, 0.2) is 72.8 Å². The van der Waals surface area contributed by atoms with Crippen molar-refractivity contribution in [3.05, 3.63) is 94.0 Å². The number of nitrogens with one attached hydrogen (secondary N) is 1. The second kappa shape index (κ2) is 8.09. The Balaban J connectivity index is 1.52. The van der Waals surface area contributed by atoms with Gasteiger partial charge < -0.3 is 10.1 Å². The molecule has 2 nitrogen and oxygen atoms in total. The van der Waals surface area contributed by atoms with E-state index in [0.29, 0.717) is 6.61 Å². The molecule has 0 heterocycles. The van der Waals surface area contributed by atoms with Gasteiger partial charge in [0.1, 0.15) is 12.4 Å². The van der Waals surface area contributed by atoms with Crippen LogP contribution in [0.1, 0.15) is 11.1 Å². The normalized spacial score (nSPS) is 10.4. The van der Waals surface area contributed by atoms with Gasteiger partial charge in [0.15, 0.2) is 0 Å². The number of hydrogen-bond donors (Lipinski definition) is 1. The quantitative estimate of drug-likeness (QED) is 0.568. The molecule has 0 amide bonds. The van der Waals surface area contributed by atoms with E-state index in [1.807, 2.05) is 60.7 Å². The minimum atomic E-state index is 0.503. The van der Waals surface area contributed by atoms with Gasteiger partial charge in [-0.05, 0) is 59.7 Å². The van der Waals surface area contributed by atoms with Gasteiger partial charge in [0, 0.05) is 22.3 Å². The van der Waals surface area contributed by atoms with Crippen LogP contribution >= 0.6 is 23.2 Å². The van der Waals surface area contributed by atoms with Crippen LogP contribution in [0.2, 0.25) is 10.0 Å². The molecular weight excluding hydrogens is 341 g/mol. The zero-order valence-electron chi connectivity index (χ0n) is 13.0. The van der Waals surface area contributed by atoms with Gasteiger partial charge in [-0.25, -0.2) is 0 Å². The SMILES string of the molecule is Clc1ccc(NCc2ccc(OCc3cccc(Cl)c3)cc2)cc1. The van der Waals surface area contributed by atoms with Crippen molar-refractivity contribution in [2.75, 3.05) is 5.32 Å². The molecule has 0 saturated heterocycles. The zero-order chi connectivity index (χ0) is 16.8. The van der Waals surface area contributed by atoms with E-state index < -0.39 is 0 Å². The lowest BCUT2D eigenvalue weighted by atomic mass is 10.2. The second-order valence-electron chi connectivity index (χ2n) is 5.42. The van der Waals surface area contributed by atoms with E-state index in [9.17, 15) is 0 Å². The Bertz CT molecular complexity index is 785. The fourth-order valence-corrected chi connectivity index (χ4v) is 2.61. The van der Waals surface area contributed by atoms with Gasteiger partial charge in [-0.2, -0.15) is 0 Å². The molecule has 0 saturated carbocycles. The Morgan fingerprint density at radius 2 is 1.50 bits per heavy atom. The first-order valence-corrected chi connectivity index (χ1v) is 8.40. The number of halogens is 2. The maximum Gasteiger partial charge on any atom is 0.119 e. The van der Waals surface area contributed by atoms with Crippen molar-refractivity contribution in [1.29, 1.82) is 0 Å². The molecule has 3 rings (SSSR count). The summed E-state index contributed by atoms with van der Waals surface area (Å²) in [5, 5.41) is 4.82. The van der Waals surface area contributed by atoms with Gasteiger partial charge in [0.2, 0.25) is 0 Å². The van der Waals surface area contributed by atoms with Crippen LogP contribution in [0, 0.1) is 0 Å². The molecule has 0 spiro atoms. The summed E-state index contributed by atoms with van der Waals surface area (Å²) in [5.41, 5.74) is 3.27. The highest BCUT2D eigenvalue weighted by atomic mass is 35.5. The molecule has 24 heavy (non-hydrogen) atoms. The van der Waals surface area contributed by atoms with Gasteiger partial charge in [-0.1, -0.05) is 47.5 Å². The van der Waals surface area contributed by atoms with Gasteiger partial charge in [-0.3, -0.25) is 0 Å². The number of hydrogen-bond acceptors (Lipinski definition) is 2. The smallest absolute Gasteiger partial charge is 0.119 e. The van der Waals surface area contributed by atoms with Gasteiger partial charge in [-0.15, -0.1) is 0 Å². The Labute approximate surface area is 152 Å². The van der Waals surface area contributed by atoms with Crippen LogP contribution in [0.4, 0.5) is 5.69 Å². The average molecular weight is 358 g/mol. The van der Waals surface area contributed by atoms with Crippen LogP contribution < -0.4 is 10.1 Å². The molecule has 0 radical (unpaired) electrons. The molecule has 3 aromatic rings. The number of rotatable bonds is 6. The minimum absolute atomic E-state index is 0.503. The van der Waals surface area contributed by atoms with Crippen LogP contribution in [-0.2, 0) is 13.2 Å². The summed E-state index contributed by atoms with van der Waals surface area (Å²) >= 11 is 11.9. The molecule has 0 aliphatic rings. The predicted molar refractivity (Wildman–Crippen MR) is 101 cm³/mol. The highest BCUT2D eigenvalue weighted by molar-refractivity contribution is 6.30. The lowest BCUT2D eigenvalue weighted by Crippen LogP contribution is -1.99. The molecule has 0 aromatic heterocycles. The van der Waals surface area contributed by atoms with Crippen molar-refractivity contribution in [3.8, 4) is 5.75 Å². The summed E-state index contributed by atoms with van der Waals surface area (Å²) in [7, 11) is 0. The van der Waals surface area contributed by atoms with Gasteiger partial charge in [0.25, 0.3) is 0 Å². The largest absolute Gasteiger partial charge is 0.489 e. The highest BCUT2D eigenvalue weighted by Crippen LogP contribution is 2.18. The zero-order valence-corrected chi connectivity index (χ0v) is 14.5. The molecule has 0 aliphatic heterocycles. The molecule has 0 fully saturated rings. The van der Waals surface area contributed by atoms with Crippen LogP contribution in [0.5, 0.6) is 5.75 Å². The van der Waals surface area contributed by atoms with E-state index in [2.05, 4.69) is 17.4 Å². The summed E-state index contributed by atoms with van der Waals surface area (Å²) in [4.78, 5) is 0. The minimum Gasteiger partial charge on any atom is -0.489 e. The topological polar surface area (TPSA) is 21.3 Å². The Kier molecular flexibility index (Phi) is 5.63.